The lowest BCUT2D eigenvalue weighted by atomic mass is 9.87. The van der Waals surface area contributed by atoms with Gasteiger partial charge in [0.1, 0.15) is 5.82 Å². The van der Waals surface area contributed by atoms with Gasteiger partial charge in [0.2, 0.25) is 0 Å². The summed E-state index contributed by atoms with van der Waals surface area (Å²) in [5.41, 5.74) is -0.472. The fraction of sp³-hybridized carbons (Fsp3) is 0.320. The molecule has 0 bridgehead atoms. The van der Waals surface area contributed by atoms with Crippen molar-refractivity contribution in [1.29, 1.82) is 0 Å². The van der Waals surface area contributed by atoms with Crippen LogP contribution >= 0.6 is 11.3 Å². The third-order valence-electron chi connectivity index (χ3n) is 5.93. The Hall–Kier alpha value is -3.53. The van der Waals surface area contributed by atoms with Gasteiger partial charge in [0.15, 0.2) is 11.6 Å². The van der Waals surface area contributed by atoms with Crippen molar-refractivity contribution in [2.45, 2.75) is 31.8 Å². The molecule has 7 nitrogen and oxygen atoms in total. The summed E-state index contributed by atoms with van der Waals surface area (Å²) in [5, 5.41) is 15.2. The highest BCUT2D eigenvalue weighted by atomic mass is 32.1. The molecular formula is C25H24F2N2O5S. The van der Waals surface area contributed by atoms with Gasteiger partial charge in [0.05, 0.1) is 22.5 Å². The van der Waals surface area contributed by atoms with Crippen LogP contribution in [0.4, 0.5) is 8.78 Å². The Morgan fingerprint density at radius 1 is 0.943 bits per heavy atom. The molecule has 0 atom stereocenters. The zero-order valence-corrected chi connectivity index (χ0v) is 19.5. The summed E-state index contributed by atoms with van der Waals surface area (Å²) in [6.07, 6.45) is 1.25. The molecule has 0 saturated heterocycles. The van der Waals surface area contributed by atoms with Gasteiger partial charge in [-0.05, 0) is 49.3 Å². The fourth-order valence-electron chi connectivity index (χ4n) is 4.03. The van der Waals surface area contributed by atoms with E-state index in [-0.39, 0.29) is 24.7 Å². The van der Waals surface area contributed by atoms with Crippen LogP contribution in [0.5, 0.6) is 5.75 Å². The molecule has 1 saturated carbocycles. The number of carboxylic acids is 1. The van der Waals surface area contributed by atoms with Crippen molar-refractivity contribution in [3.05, 3.63) is 64.5 Å². The van der Waals surface area contributed by atoms with Crippen molar-refractivity contribution in [2.75, 3.05) is 13.1 Å². The number of thiophene rings is 1. The predicted octanol–water partition coefficient (Wildman–Crippen LogP) is 4.36. The number of carbonyl (C=O) groups excluding carboxylic acids is 2. The average molecular weight is 503 g/mol. The van der Waals surface area contributed by atoms with Crippen molar-refractivity contribution in [2.24, 2.45) is 5.92 Å². The van der Waals surface area contributed by atoms with Crippen LogP contribution in [-0.4, -0.2) is 42.1 Å². The number of carbonyl (C=O) groups is 3. The number of ether oxygens (including phenoxy) is 1. The first-order valence-electron chi connectivity index (χ1n) is 11.3. The van der Waals surface area contributed by atoms with E-state index in [0.29, 0.717) is 30.6 Å². The highest BCUT2D eigenvalue weighted by Gasteiger charge is 2.28. The predicted molar refractivity (Wildman–Crippen MR) is 127 cm³/mol. The molecule has 10 heteroatoms. The first kappa shape index (κ1) is 24.6. The van der Waals surface area contributed by atoms with E-state index in [0.717, 1.165) is 22.2 Å². The molecule has 1 aliphatic carbocycles. The van der Waals surface area contributed by atoms with E-state index in [1.165, 1.54) is 11.3 Å². The van der Waals surface area contributed by atoms with E-state index in [2.05, 4.69) is 10.6 Å². The van der Waals surface area contributed by atoms with Crippen molar-refractivity contribution < 1.29 is 33.0 Å². The number of hydrogen-bond acceptors (Lipinski definition) is 5. The first-order valence-corrected chi connectivity index (χ1v) is 12.1. The van der Waals surface area contributed by atoms with E-state index in [1.807, 2.05) is 24.3 Å². The van der Waals surface area contributed by atoms with E-state index in [1.54, 1.807) is 6.07 Å². The van der Waals surface area contributed by atoms with E-state index in [4.69, 9.17) is 9.84 Å². The van der Waals surface area contributed by atoms with Crippen LogP contribution < -0.4 is 15.4 Å². The minimum Gasteiger partial charge on any atom is -0.487 e. The Kier molecular flexibility index (Phi) is 7.60. The Bertz CT molecular complexity index is 1220. The van der Waals surface area contributed by atoms with Gasteiger partial charge in [-0.3, -0.25) is 14.4 Å². The van der Waals surface area contributed by atoms with Crippen LogP contribution in [0, 0.1) is 17.6 Å². The highest BCUT2D eigenvalue weighted by Crippen LogP contribution is 2.30. The van der Waals surface area contributed by atoms with Gasteiger partial charge in [-0.15, -0.1) is 11.3 Å². The van der Waals surface area contributed by atoms with Crippen LogP contribution in [0.25, 0.3) is 10.1 Å². The maximum Gasteiger partial charge on any atom is 0.306 e. The van der Waals surface area contributed by atoms with Gasteiger partial charge in [-0.25, -0.2) is 8.78 Å². The average Bonchev–Trinajstić information content (AvgIpc) is 3.28. The lowest BCUT2D eigenvalue weighted by Gasteiger charge is -2.27. The molecule has 1 heterocycles. The topological polar surface area (TPSA) is 105 Å². The normalized spacial score (nSPS) is 17.7. The molecule has 0 aliphatic heterocycles. The number of carboxylic acid groups (broad SMARTS) is 1. The third-order valence-corrected chi connectivity index (χ3v) is 7.04. The summed E-state index contributed by atoms with van der Waals surface area (Å²) in [6.45, 7) is 0.144. The van der Waals surface area contributed by atoms with Crippen molar-refractivity contribution >= 4 is 39.2 Å². The lowest BCUT2D eigenvalue weighted by Crippen LogP contribution is -2.34. The number of halogens is 2. The number of fused-ring (bicyclic) bond motifs is 1. The van der Waals surface area contributed by atoms with Gasteiger partial charge < -0.3 is 20.5 Å². The Morgan fingerprint density at radius 2 is 1.63 bits per heavy atom. The van der Waals surface area contributed by atoms with Crippen molar-refractivity contribution in [3.63, 3.8) is 0 Å². The zero-order chi connectivity index (χ0) is 24.9. The molecule has 3 aromatic rings. The molecule has 1 aromatic heterocycles. The second-order valence-electron chi connectivity index (χ2n) is 8.35. The van der Waals surface area contributed by atoms with E-state index >= 15 is 0 Å². The van der Waals surface area contributed by atoms with Crippen LogP contribution in [0.1, 0.15) is 45.7 Å². The van der Waals surface area contributed by atoms with Crippen LogP contribution in [-0.2, 0) is 4.79 Å². The first-order chi connectivity index (χ1) is 16.8. The molecule has 0 radical (unpaired) electrons. The van der Waals surface area contributed by atoms with Crippen LogP contribution in [0.2, 0.25) is 0 Å². The molecule has 35 heavy (non-hydrogen) atoms. The second kappa shape index (κ2) is 10.8. The molecule has 184 valence electrons. The lowest BCUT2D eigenvalue weighted by molar-refractivity contribution is -0.143. The number of benzene rings is 2. The molecule has 2 amide bonds. The van der Waals surface area contributed by atoms with Crippen LogP contribution in [0.3, 0.4) is 0 Å². The number of nitrogens with one attached hydrogen (secondary N) is 2. The molecule has 0 spiro atoms. The van der Waals surface area contributed by atoms with E-state index < -0.39 is 41.1 Å². The number of rotatable bonds is 8. The largest absolute Gasteiger partial charge is 0.487 e. The monoisotopic (exact) mass is 502 g/mol. The molecular weight excluding hydrogens is 478 g/mol. The molecule has 1 aliphatic rings. The minimum absolute atomic E-state index is 0.0294. The Labute approximate surface area is 204 Å². The smallest absolute Gasteiger partial charge is 0.306 e. The zero-order valence-electron chi connectivity index (χ0n) is 18.7. The van der Waals surface area contributed by atoms with Crippen molar-refractivity contribution in [1.82, 2.24) is 10.6 Å². The summed E-state index contributed by atoms with van der Waals surface area (Å²) < 4.78 is 35.5. The Balaban J connectivity index is 1.27. The highest BCUT2D eigenvalue weighted by molar-refractivity contribution is 7.20. The van der Waals surface area contributed by atoms with Gasteiger partial charge >= 0.3 is 5.97 Å². The molecule has 0 unspecified atom stereocenters. The summed E-state index contributed by atoms with van der Waals surface area (Å²) in [7, 11) is 0. The third kappa shape index (κ3) is 5.94. The number of amides is 2. The number of aliphatic carboxylic acids is 1. The SMILES string of the molecule is O=C(NCCNC(=O)c1cc(F)c(OC2CCC(C(=O)O)CC2)cc1F)c1cc2ccccc2s1. The van der Waals surface area contributed by atoms with Gasteiger partial charge in [-0.1, -0.05) is 18.2 Å². The fourth-order valence-corrected chi connectivity index (χ4v) is 5.01. The maximum atomic E-state index is 14.5. The summed E-state index contributed by atoms with van der Waals surface area (Å²) >= 11 is 1.36. The maximum absolute atomic E-state index is 14.5. The molecule has 1 fully saturated rings. The summed E-state index contributed by atoms with van der Waals surface area (Å²) in [5.74, 6) is -4.54. The molecule has 2 aromatic carbocycles. The standard InChI is InChI=1S/C25H24F2N2O5S/c26-18-13-20(34-16-7-5-14(6-8-16)25(32)33)19(27)12-17(18)23(30)28-9-10-29-24(31)22-11-15-3-1-2-4-21(15)35-22/h1-4,11-14,16H,5-10H2,(H,28,30)(H,29,31)(H,32,33). The van der Waals surface area contributed by atoms with Crippen molar-refractivity contribution in [3.8, 4) is 5.75 Å². The number of hydrogen-bond donors (Lipinski definition) is 3. The van der Waals surface area contributed by atoms with Gasteiger partial charge in [0, 0.05) is 23.9 Å². The van der Waals surface area contributed by atoms with E-state index in [9.17, 15) is 23.2 Å². The molecule has 3 N–H and O–H groups in total. The quantitative estimate of drug-likeness (QED) is 0.397. The minimum atomic E-state index is -0.938. The summed E-state index contributed by atoms with van der Waals surface area (Å²) in [6, 6.07) is 11.0. The van der Waals surface area contributed by atoms with Crippen LogP contribution in [0.15, 0.2) is 42.5 Å². The molecule has 4 rings (SSSR count). The summed E-state index contributed by atoms with van der Waals surface area (Å²) in [4.78, 5) is 36.2. The van der Waals surface area contributed by atoms with Gasteiger partial charge in [0.25, 0.3) is 11.8 Å². The Morgan fingerprint density at radius 3 is 2.31 bits per heavy atom. The second-order valence-corrected chi connectivity index (χ2v) is 9.44. The van der Waals surface area contributed by atoms with Gasteiger partial charge in [-0.2, -0.15) is 0 Å².